The predicted molar refractivity (Wildman–Crippen MR) is 55.1 cm³/mol. The van der Waals surface area contributed by atoms with Gasteiger partial charge in [0.15, 0.2) is 0 Å². The van der Waals surface area contributed by atoms with E-state index in [1.807, 2.05) is 0 Å². The van der Waals surface area contributed by atoms with Gasteiger partial charge in [-0.25, -0.2) is 0 Å². The van der Waals surface area contributed by atoms with Crippen molar-refractivity contribution in [2.75, 3.05) is 0 Å². The lowest BCUT2D eigenvalue weighted by Crippen LogP contribution is -1.91. The summed E-state index contributed by atoms with van der Waals surface area (Å²) in [6, 6.07) is 0. The molecule has 1 rings (SSSR count). The number of hydrogen-bond donors (Lipinski definition) is 0. The Morgan fingerprint density at radius 2 is 2.33 bits per heavy atom. The molecule has 1 unspecified atom stereocenters. The van der Waals surface area contributed by atoms with E-state index in [0.717, 1.165) is 0 Å². The number of rotatable bonds is 4. The molecular weight excluding hydrogens is 144 g/mol. The van der Waals surface area contributed by atoms with E-state index >= 15 is 0 Å². The summed E-state index contributed by atoms with van der Waals surface area (Å²) in [5.74, 6) is 0.659. The molecule has 1 aliphatic carbocycles. The van der Waals surface area contributed by atoms with Gasteiger partial charge in [0.1, 0.15) is 0 Å². The van der Waals surface area contributed by atoms with Crippen LogP contribution in [0.3, 0.4) is 0 Å². The first-order valence-corrected chi connectivity index (χ1v) is 4.93. The second-order valence-corrected chi connectivity index (χ2v) is 3.28. The molecule has 0 aromatic carbocycles. The maximum Gasteiger partial charge on any atom is -0.00157 e. The Morgan fingerprint density at radius 1 is 1.42 bits per heavy atom. The molecule has 0 spiro atoms. The van der Waals surface area contributed by atoms with Crippen LogP contribution in [0, 0.1) is 5.92 Å². The minimum Gasteiger partial charge on any atom is -0.0879 e. The molecule has 0 heterocycles. The van der Waals surface area contributed by atoms with Gasteiger partial charge in [-0.15, -0.1) is 0 Å². The van der Waals surface area contributed by atoms with Gasteiger partial charge in [-0.2, -0.15) is 0 Å². The monoisotopic (exact) mass is 162 g/mol. The van der Waals surface area contributed by atoms with Crippen LogP contribution in [0.1, 0.15) is 32.6 Å². The van der Waals surface area contributed by atoms with Gasteiger partial charge in [0.05, 0.1) is 0 Å². The topological polar surface area (TPSA) is 0 Å². The average Bonchev–Trinajstić information content (AvgIpc) is 2.14. The highest BCUT2D eigenvalue weighted by Gasteiger charge is 1.98. The van der Waals surface area contributed by atoms with E-state index in [-0.39, 0.29) is 0 Å². The minimum absolute atomic E-state index is 0.659. The summed E-state index contributed by atoms with van der Waals surface area (Å²) in [7, 11) is 0. The molecule has 0 N–H and O–H groups in total. The molecule has 0 radical (unpaired) electrons. The minimum atomic E-state index is 0.659. The van der Waals surface area contributed by atoms with Crippen molar-refractivity contribution in [2.24, 2.45) is 5.92 Å². The maximum atomic E-state index is 2.33. The Balaban J connectivity index is 2.17. The summed E-state index contributed by atoms with van der Waals surface area (Å²) in [4.78, 5) is 0. The van der Waals surface area contributed by atoms with Crippen molar-refractivity contribution in [1.82, 2.24) is 0 Å². The summed E-state index contributed by atoms with van der Waals surface area (Å²) in [5.41, 5.74) is 0. The Hall–Kier alpha value is -0.780. The van der Waals surface area contributed by atoms with E-state index in [1.165, 1.54) is 25.7 Å². The third-order valence-corrected chi connectivity index (χ3v) is 2.12. The van der Waals surface area contributed by atoms with E-state index in [2.05, 4.69) is 43.4 Å². The molecule has 0 heteroatoms. The Bertz CT molecular complexity index is 184. The van der Waals surface area contributed by atoms with Crippen LogP contribution in [0.2, 0.25) is 0 Å². The smallest absolute Gasteiger partial charge is 0.00157 e. The Kier molecular flexibility index (Phi) is 4.51. The van der Waals surface area contributed by atoms with Gasteiger partial charge < -0.3 is 0 Å². The van der Waals surface area contributed by atoms with Crippen LogP contribution in [0.15, 0.2) is 36.5 Å². The number of allylic oxidation sites excluding steroid dienone is 6. The van der Waals surface area contributed by atoms with Crippen LogP contribution in [-0.4, -0.2) is 0 Å². The zero-order valence-corrected chi connectivity index (χ0v) is 7.87. The molecule has 0 saturated carbocycles. The van der Waals surface area contributed by atoms with Crippen LogP contribution >= 0.6 is 0 Å². The molecule has 0 aromatic heterocycles. The SMILES string of the molecule is CCCC/C=C/C1C=CC=CC1. The van der Waals surface area contributed by atoms with Crippen molar-refractivity contribution >= 4 is 0 Å². The van der Waals surface area contributed by atoms with E-state index in [0.29, 0.717) is 5.92 Å². The quantitative estimate of drug-likeness (QED) is 0.435. The number of unbranched alkanes of at least 4 members (excludes halogenated alkanes) is 2. The summed E-state index contributed by atoms with van der Waals surface area (Å²) >= 11 is 0. The van der Waals surface area contributed by atoms with Crippen molar-refractivity contribution in [3.8, 4) is 0 Å². The van der Waals surface area contributed by atoms with Crippen molar-refractivity contribution in [3.05, 3.63) is 36.5 Å². The second kappa shape index (κ2) is 5.82. The van der Waals surface area contributed by atoms with Crippen LogP contribution in [0.4, 0.5) is 0 Å². The van der Waals surface area contributed by atoms with Gasteiger partial charge in [0.25, 0.3) is 0 Å². The zero-order chi connectivity index (χ0) is 8.65. The maximum absolute atomic E-state index is 2.33. The Morgan fingerprint density at radius 3 is 3.00 bits per heavy atom. The molecule has 0 bridgehead atoms. The van der Waals surface area contributed by atoms with E-state index in [9.17, 15) is 0 Å². The highest BCUT2D eigenvalue weighted by Crippen LogP contribution is 2.13. The number of hydrogen-bond acceptors (Lipinski definition) is 0. The van der Waals surface area contributed by atoms with Crippen LogP contribution in [0.25, 0.3) is 0 Å². The third-order valence-electron chi connectivity index (χ3n) is 2.12. The first-order valence-electron chi connectivity index (χ1n) is 4.93. The van der Waals surface area contributed by atoms with Crippen molar-refractivity contribution in [2.45, 2.75) is 32.6 Å². The molecule has 0 saturated heterocycles. The fourth-order valence-electron chi connectivity index (χ4n) is 1.34. The van der Waals surface area contributed by atoms with Gasteiger partial charge in [0, 0.05) is 0 Å². The fourth-order valence-corrected chi connectivity index (χ4v) is 1.34. The van der Waals surface area contributed by atoms with Crippen LogP contribution in [-0.2, 0) is 0 Å². The predicted octanol–water partition coefficient (Wildman–Crippen LogP) is 3.87. The molecule has 0 aromatic rings. The highest BCUT2D eigenvalue weighted by molar-refractivity contribution is 5.15. The third kappa shape index (κ3) is 3.56. The average molecular weight is 162 g/mol. The summed E-state index contributed by atoms with van der Waals surface area (Å²) in [6.45, 7) is 2.23. The first-order chi connectivity index (χ1) is 5.93. The molecule has 12 heavy (non-hydrogen) atoms. The molecule has 0 fully saturated rings. The fraction of sp³-hybridized carbons (Fsp3) is 0.500. The molecule has 66 valence electrons. The summed E-state index contributed by atoms with van der Waals surface area (Å²) in [6.07, 6.45) is 18.4. The molecule has 0 nitrogen and oxygen atoms in total. The molecule has 1 aliphatic rings. The molecule has 0 amide bonds. The van der Waals surface area contributed by atoms with Gasteiger partial charge in [-0.05, 0) is 18.8 Å². The van der Waals surface area contributed by atoms with Crippen molar-refractivity contribution in [1.29, 1.82) is 0 Å². The molecule has 0 aliphatic heterocycles. The van der Waals surface area contributed by atoms with Crippen LogP contribution in [0.5, 0.6) is 0 Å². The zero-order valence-electron chi connectivity index (χ0n) is 7.87. The largest absolute Gasteiger partial charge is 0.0879 e. The lowest BCUT2D eigenvalue weighted by molar-refractivity contribution is 0.786. The van der Waals surface area contributed by atoms with E-state index in [1.54, 1.807) is 0 Å². The Labute approximate surface area is 75.7 Å². The lowest BCUT2D eigenvalue weighted by atomic mass is 10.00. The normalized spacial score (nSPS) is 22.2. The van der Waals surface area contributed by atoms with Crippen LogP contribution < -0.4 is 0 Å². The van der Waals surface area contributed by atoms with Gasteiger partial charge in [-0.1, -0.05) is 56.2 Å². The van der Waals surface area contributed by atoms with Crippen molar-refractivity contribution in [3.63, 3.8) is 0 Å². The summed E-state index contributed by atoms with van der Waals surface area (Å²) < 4.78 is 0. The standard InChI is InChI=1S/C12H18/c1-2-3-4-6-9-12-10-7-5-8-11-12/h5-10,12H,2-4,11H2,1H3/b9-6+. The molecular formula is C12H18. The van der Waals surface area contributed by atoms with Gasteiger partial charge >= 0.3 is 0 Å². The van der Waals surface area contributed by atoms with Gasteiger partial charge in [-0.3, -0.25) is 0 Å². The summed E-state index contributed by atoms with van der Waals surface area (Å²) in [5, 5.41) is 0. The first kappa shape index (κ1) is 9.31. The lowest BCUT2D eigenvalue weighted by Gasteiger charge is -2.06. The van der Waals surface area contributed by atoms with E-state index in [4.69, 9.17) is 0 Å². The molecule has 1 atom stereocenters. The van der Waals surface area contributed by atoms with E-state index < -0.39 is 0 Å². The van der Waals surface area contributed by atoms with Crippen molar-refractivity contribution < 1.29 is 0 Å². The second-order valence-electron chi connectivity index (χ2n) is 3.28. The highest BCUT2D eigenvalue weighted by atomic mass is 14.0. The van der Waals surface area contributed by atoms with Gasteiger partial charge in [0.2, 0.25) is 0 Å².